The molecule has 0 bridgehead atoms. The number of allylic oxidation sites excluding steroid dienone is 1. The molecule has 0 saturated carbocycles. The van der Waals surface area contributed by atoms with Crippen molar-refractivity contribution in [1.29, 1.82) is 10.5 Å². The third-order valence-corrected chi connectivity index (χ3v) is 8.34. The van der Waals surface area contributed by atoms with E-state index in [4.69, 9.17) is 24.7 Å². The van der Waals surface area contributed by atoms with Crippen molar-refractivity contribution in [3.63, 3.8) is 0 Å². The summed E-state index contributed by atoms with van der Waals surface area (Å²) in [7, 11) is 6.05. The van der Waals surface area contributed by atoms with E-state index in [1.54, 1.807) is 30.3 Å². The van der Waals surface area contributed by atoms with E-state index in [2.05, 4.69) is 44.0 Å². The lowest BCUT2D eigenvalue weighted by molar-refractivity contribution is 0.389. The fourth-order valence-corrected chi connectivity index (χ4v) is 6.37. The molecule has 4 rings (SSSR count). The van der Waals surface area contributed by atoms with Crippen LogP contribution in [0.1, 0.15) is 17.0 Å². The van der Waals surface area contributed by atoms with Gasteiger partial charge in [0.05, 0.1) is 71.1 Å². The van der Waals surface area contributed by atoms with Gasteiger partial charge in [0.2, 0.25) is 0 Å². The quantitative estimate of drug-likeness (QED) is 0.426. The van der Waals surface area contributed by atoms with Crippen LogP contribution in [0.5, 0.6) is 23.0 Å². The van der Waals surface area contributed by atoms with Gasteiger partial charge in [-0.2, -0.15) is 10.5 Å². The monoisotopic (exact) mass is 658 g/mol. The highest BCUT2D eigenvalue weighted by Crippen LogP contribution is 2.44. The Morgan fingerprint density at radius 2 is 1.45 bits per heavy atom. The van der Waals surface area contributed by atoms with Gasteiger partial charge in [0.1, 0.15) is 33.5 Å². The van der Waals surface area contributed by atoms with Gasteiger partial charge in [0.25, 0.3) is 5.56 Å². The molecule has 12 heteroatoms. The topological polar surface area (TPSA) is 133 Å². The van der Waals surface area contributed by atoms with Crippen LogP contribution in [-0.4, -0.2) is 33.0 Å². The fourth-order valence-electron chi connectivity index (χ4n) is 4.21. The number of nitrogens with zero attached hydrogens (tertiary/aromatic N) is 3. The lowest BCUT2D eigenvalue weighted by atomic mass is 9.84. The van der Waals surface area contributed by atoms with Crippen LogP contribution in [0.2, 0.25) is 0 Å². The minimum atomic E-state index is -0.863. The highest BCUT2D eigenvalue weighted by Gasteiger charge is 2.34. The van der Waals surface area contributed by atoms with Gasteiger partial charge in [0.15, 0.2) is 0 Å². The van der Waals surface area contributed by atoms with Crippen molar-refractivity contribution in [2.45, 2.75) is 5.92 Å². The highest BCUT2D eigenvalue weighted by atomic mass is 79.9. The minimum Gasteiger partial charge on any atom is -0.496 e. The summed E-state index contributed by atoms with van der Waals surface area (Å²) in [5, 5.41) is 20.4. The molecule has 0 aliphatic carbocycles. The number of benzene rings is 2. The molecule has 0 radical (unpaired) electrons. The van der Waals surface area contributed by atoms with Gasteiger partial charge in [0, 0.05) is 23.3 Å². The number of nitriles is 2. The Morgan fingerprint density at radius 3 is 2.00 bits per heavy atom. The Labute approximate surface area is 238 Å². The van der Waals surface area contributed by atoms with Crippen molar-refractivity contribution >= 4 is 60.7 Å². The lowest BCUT2D eigenvalue weighted by Crippen LogP contribution is -2.38. The molecule has 38 heavy (non-hydrogen) atoms. The second kappa shape index (κ2) is 11.0. The minimum absolute atomic E-state index is 0.0516. The predicted molar refractivity (Wildman–Crippen MR) is 151 cm³/mol. The number of aromatic nitrogens is 1. The highest BCUT2D eigenvalue weighted by molar-refractivity contribution is 9.10. The van der Waals surface area contributed by atoms with Gasteiger partial charge in [-0.15, -0.1) is 11.3 Å². The Balaban J connectivity index is 2.07. The van der Waals surface area contributed by atoms with E-state index in [0.717, 1.165) is 11.3 Å². The standard InChI is InChI=1S/C26H20Br2N4O5S/c1-34-18-8-20(36-3)16(27)5-12(18)6-22-25(33)32-24(31)14(10-29)23(15(11-30)26(32)38-22)13-7-17(28)21(37-4)9-19(13)35-2/h5-9,23H,31H2,1-4H3/b22-6+/t23-/m0/s1. The summed E-state index contributed by atoms with van der Waals surface area (Å²) in [5.74, 6) is 1.05. The van der Waals surface area contributed by atoms with Gasteiger partial charge >= 0.3 is 0 Å². The van der Waals surface area contributed by atoms with Crippen molar-refractivity contribution in [2.24, 2.45) is 5.73 Å². The zero-order valence-electron chi connectivity index (χ0n) is 20.6. The van der Waals surface area contributed by atoms with Gasteiger partial charge in [-0.3, -0.25) is 9.36 Å². The van der Waals surface area contributed by atoms with E-state index in [9.17, 15) is 15.3 Å². The summed E-state index contributed by atoms with van der Waals surface area (Å²) in [5.41, 5.74) is 7.34. The van der Waals surface area contributed by atoms with Gasteiger partial charge in [-0.1, -0.05) is 0 Å². The second-order valence-corrected chi connectivity index (χ2v) is 10.6. The maximum absolute atomic E-state index is 13.5. The molecule has 194 valence electrons. The molecule has 0 saturated heterocycles. The van der Waals surface area contributed by atoms with E-state index in [0.29, 0.717) is 52.3 Å². The number of thiazole rings is 1. The van der Waals surface area contributed by atoms with E-state index in [-0.39, 0.29) is 17.0 Å². The van der Waals surface area contributed by atoms with E-state index in [1.165, 1.54) is 33.0 Å². The number of methoxy groups -OCH3 is 4. The Morgan fingerprint density at radius 1 is 0.895 bits per heavy atom. The Kier molecular flexibility index (Phi) is 7.88. The molecule has 3 aromatic rings. The van der Waals surface area contributed by atoms with Crippen molar-refractivity contribution in [3.8, 4) is 35.1 Å². The van der Waals surface area contributed by atoms with Gasteiger partial charge in [-0.05, 0) is 50.1 Å². The average Bonchev–Trinajstić information content (AvgIpc) is 3.24. The maximum Gasteiger partial charge on any atom is 0.274 e. The molecule has 0 fully saturated rings. The molecule has 1 aromatic heterocycles. The smallest absolute Gasteiger partial charge is 0.274 e. The molecule has 1 aliphatic rings. The first-order valence-electron chi connectivity index (χ1n) is 10.8. The van der Waals surface area contributed by atoms with Crippen LogP contribution in [0.3, 0.4) is 0 Å². The van der Waals surface area contributed by atoms with Gasteiger partial charge in [-0.25, -0.2) is 0 Å². The summed E-state index contributed by atoms with van der Waals surface area (Å²) in [4.78, 5) is 13.5. The van der Waals surface area contributed by atoms with Crippen LogP contribution in [0, 0.1) is 22.7 Å². The molecule has 2 N–H and O–H groups in total. The van der Waals surface area contributed by atoms with E-state index >= 15 is 0 Å². The Bertz CT molecular complexity index is 1760. The zero-order valence-corrected chi connectivity index (χ0v) is 24.6. The van der Waals surface area contributed by atoms with Crippen molar-refractivity contribution in [1.82, 2.24) is 4.57 Å². The van der Waals surface area contributed by atoms with Gasteiger partial charge < -0.3 is 24.7 Å². The molecule has 2 aromatic carbocycles. The third kappa shape index (κ3) is 4.45. The number of halogens is 2. The number of rotatable bonds is 6. The van der Waals surface area contributed by atoms with Crippen molar-refractivity contribution in [2.75, 3.05) is 28.4 Å². The fraction of sp³-hybridized carbons (Fsp3) is 0.192. The molecule has 0 unspecified atom stereocenters. The Hall–Kier alpha value is -3.71. The predicted octanol–water partition coefficient (Wildman–Crippen LogP) is 3.42. The van der Waals surface area contributed by atoms with Crippen molar-refractivity contribution in [3.05, 3.63) is 69.5 Å². The average molecular weight is 660 g/mol. The van der Waals surface area contributed by atoms with Crippen LogP contribution in [0.15, 0.2) is 43.6 Å². The first-order chi connectivity index (χ1) is 18.2. The SMILES string of the molecule is COc1cc(OC)c(/C=c2/sc3n(c2=O)C(N)=C(C#N)[C@H](c2cc(Br)c(OC)cc2OC)C=3C#N)cc1Br. The first kappa shape index (κ1) is 27.3. The van der Waals surface area contributed by atoms with Crippen LogP contribution >= 0.6 is 43.2 Å². The molecular weight excluding hydrogens is 640 g/mol. The number of hydrogen-bond donors (Lipinski definition) is 1. The normalized spacial score (nSPS) is 15.0. The number of nitrogens with two attached hydrogens (primary N) is 1. The van der Waals surface area contributed by atoms with Crippen LogP contribution in [0.25, 0.3) is 17.5 Å². The molecular formula is C26H20Br2N4O5S. The van der Waals surface area contributed by atoms with E-state index in [1.807, 2.05) is 0 Å². The summed E-state index contributed by atoms with van der Waals surface area (Å²) >= 11 is 8.02. The second-order valence-electron chi connectivity index (χ2n) is 7.88. The third-order valence-electron chi connectivity index (χ3n) is 6.00. The lowest BCUT2D eigenvalue weighted by Gasteiger charge is -2.24. The molecule has 1 aliphatic heterocycles. The number of fused-ring (bicyclic) bond motifs is 1. The molecule has 2 heterocycles. The summed E-state index contributed by atoms with van der Waals surface area (Å²) in [6, 6.07) is 11.1. The number of hydrogen-bond acceptors (Lipinski definition) is 9. The van der Waals surface area contributed by atoms with Crippen LogP contribution in [-0.2, 0) is 0 Å². The zero-order chi connectivity index (χ0) is 27.7. The van der Waals surface area contributed by atoms with Crippen LogP contribution < -0.4 is 39.4 Å². The first-order valence-corrected chi connectivity index (χ1v) is 13.3. The summed E-state index contributed by atoms with van der Waals surface area (Å²) < 4.78 is 24.8. The molecule has 0 spiro atoms. The maximum atomic E-state index is 13.5. The van der Waals surface area contributed by atoms with Crippen LogP contribution in [0.4, 0.5) is 0 Å². The molecule has 9 nitrogen and oxygen atoms in total. The number of ether oxygens (including phenoxy) is 4. The molecule has 1 atom stereocenters. The van der Waals surface area contributed by atoms with Crippen molar-refractivity contribution < 1.29 is 18.9 Å². The largest absolute Gasteiger partial charge is 0.496 e. The summed E-state index contributed by atoms with van der Waals surface area (Å²) in [6.07, 6.45) is 1.65. The summed E-state index contributed by atoms with van der Waals surface area (Å²) in [6.45, 7) is 0. The van der Waals surface area contributed by atoms with E-state index < -0.39 is 11.5 Å². The molecule has 0 amide bonds.